The van der Waals surface area contributed by atoms with E-state index in [1.165, 1.54) is 6.92 Å². The Labute approximate surface area is 193 Å². The average molecular weight is 448 g/mol. The van der Waals surface area contributed by atoms with Gasteiger partial charge in [-0.2, -0.15) is 5.10 Å². The molecule has 2 aromatic carbocycles. The van der Waals surface area contributed by atoms with E-state index < -0.39 is 6.04 Å². The summed E-state index contributed by atoms with van der Waals surface area (Å²) in [6.07, 6.45) is 1.82. The average Bonchev–Trinajstić information content (AvgIpc) is 3.28. The highest BCUT2D eigenvalue weighted by atomic mass is 16.2. The number of piperidine rings is 1. The number of carbonyl (C=O) groups is 3. The number of Topliss-reactive ketones (excluding diaryl/α,β-unsaturated/α-hetero) is 1. The van der Waals surface area contributed by atoms with Gasteiger partial charge >= 0.3 is 0 Å². The van der Waals surface area contributed by atoms with Gasteiger partial charge in [-0.1, -0.05) is 36.4 Å². The van der Waals surface area contributed by atoms with Crippen LogP contribution in [0.4, 0.5) is 11.4 Å². The van der Waals surface area contributed by atoms with Gasteiger partial charge in [0.1, 0.15) is 11.8 Å². The fourth-order valence-corrected chi connectivity index (χ4v) is 4.21. The zero-order valence-electron chi connectivity index (χ0n) is 18.7. The Kier molecular flexibility index (Phi) is 7.14. The second-order valence-electron chi connectivity index (χ2n) is 8.50. The van der Waals surface area contributed by atoms with Crippen molar-refractivity contribution in [2.24, 2.45) is 5.10 Å². The van der Waals surface area contributed by atoms with E-state index >= 15 is 0 Å². The van der Waals surface area contributed by atoms with E-state index in [0.717, 1.165) is 37.3 Å². The Bertz CT molecular complexity index is 1020. The maximum absolute atomic E-state index is 12.9. The Morgan fingerprint density at radius 3 is 2.24 bits per heavy atom. The lowest BCUT2D eigenvalue weighted by Crippen LogP contribution is -2.48. The summed E-state index contributed by atoms with van der Waals surface area (Å²) in [6.45, 7) is 3.31. The molecule has 1 atom stereocenters. The number of para-hydroxylation sites is 2. The van der Waals surface area contributed by atoms with Crippen molar-refractivity contribution in [2.45, 2.75) is 38.3 Å². The monoisotopic (exact) mass is 447 g/mol. The van der Waals surface area contributed by atoms with Crippen LogP contribution in [0.25, 0.3) is 0 Å². The number of nitrogens with one attached hydrogen (secondary N) is 2. The zero-order valence-corrected chi connectivity index (χ0v) is 18.7. The fourth-order valence-electron chi connectivity index (χ4n) is 4.21. The smallest absolute Gasteiger partial charge is 0.267 e. The molecule has 2 aliphatic heterocycles. The van der Waals surface area contributed by atoms with E-state index in [4.69, 9.17) is 0 Å². The minimum absolute atomic E-state index is 0.0208. The van der Waals surface area contributed by atoms with Crippen LogP contribution in [0.15, 0.2) is 65.8 Å². The van der Waals surface area contributed by atoms with Crippen molar-refractivity contribution < 1.29 is 14.4 Å². The molecule has 8 heteroatoms. The summed E-state index contributed by atoms with van der Waals surface area (Å²) in [4.78, 5) is 39.4. The highest BCUT2D eigenvalue weighted by Gasteiger charge is 2.35. The van der Waals surface area contributed by atoms with Crippen molar-refractivity contribution in [1.29, 1.82) is 0 Å². The largest absolute Gasteiger partial charge is 0.348 e. The molecule has 0 spiro atoms. The van der Waals surface area contributed by atoms with E-state index in [1.54, 1.807) is 5.01 Å². The molecule has 2 amide bonds. The van der Waals surface area contributed by atoms with Gasteiger partial charge in [0.05, 0.1) is 12.2 Å². The molecule has 2 heterocycles. The van der Waals surface area contributed by atoms with Crippen molar-refractivity contribution in [2.75, 3.05) is 30.0 Å². The fraction of sp³-hybridized carbons (Fsp3) is 0.360. The van der Waals surface area contributed by atoms with Crippen molar-refractivity contribution in [3.63, 3.8) is 0 Å². The Morgan fingerprint density at radius 1 is 0.970 bits per heavy atom. The molecule has 0 bridgehead atoms. The first-order chi connectivity index (χ1) is 16.0. The van der Waals surface area contributed by atoms with Crippen LogP contribution in [0.3, 0.4) is 0 Å². The lowest BCUT2D eigenvalue weighted by Gasteiger charge is -2.31. The summed E-state index contributed by atoms with van der Waals surface area (Å²) in [6, 6.07) is 18.4. The number of anilines is 2. The molecule has 1 saturated heterocycles. The van der Waals surface area contributed by atoms with Gasteiger partial charge in [0.15, 0.2) is 5.78 Å². The maximum atomic E-state index is 12.9. The number of nitrogens with zero attached hydrogens (tertiary/aromatic N) is 3. The molecule has 33 heavy (non-hydrogen) atoms. The van der Waals surface area contributed by atoms with E-state index in [1.807, 2.05) is 60.7 Å². The minimum atomic E-state index is -0.460. The van der Waals surface area contributed by atoms with Crippen molar-refractivity contribution in [3.05, 3.63) is 60.7 Å². The number of hydrazone groups is 1. The number of benzene rings is 2. The molecule has 8 nitrogen and oxygen atoms in total. The third-order valence-corrected chi connectivity index (χ3v) is 6.01. The molecule has 0 saturated carbocycles. The zero-order chi connectivity index (χ0) is 23.2. The van der Waals surface area contributed by atoms with Gasteiger partial charge in [0.2, 0.25) is 5.91 Å². The first kappa shape index (κ1) is 22.7. The number of hydrogen-bond acceptors (Lipinski definition) is 6. The third kappa shape index (κ3) is 5.84. The highest BCUT2D eigenvalue weighted by molar-refractivity contribution is 6.40. The summed E-state index contributed by atoms with van der Waals surface area (Å²) >= 11 is 0. The molecule has 0 aromatic heterocycles. The summed E-state index contributed by atoms with van der Waals surface area (Å²) in [5.74, 6) is -0.285. The number of hydrogen-bond donors (Lipinski definition) is 2. The van der Waals surface area contributed by atoms with Crippen LogP contribution in [0, 0.1) is 0 Å². The molecule has 2 N–H and O–H groups in total. The Balaban J connectivity index is 1.27. The molecule has 1 unspecified atom stereocenters. The van der Waals surface area contributed by atoms with Gasteiger partial charge in [-0.15, -0.1) is 0 Å². The van der Waals surface area contributed by atoms with E-state index in [2.05, 4.69) is 20.6 Å². The predicted molar refractivity (Wildman–Crippen MR) is 128 cm³/mol. The third-order valence-electron chi connectivity index (χ3n) is 6.01. The molecule has 2 aliphatic rings. The molecular weight excluding hydrogens is 418 g/mol. The summed E-state index contributed by atoms with van der Waals surface area (Å²) in [5, 5.41) is 12.1. The topological polar surface area (TPSA) is 94.1 Å². The van der Waals surface area contributed by atoms with Crippen molar-refractivity contribution in [1.82, 2.24) is 10.2 Å². The van der Waals surface area contributed by atoms with Crippen molar-refractivity contribution in [3.8, 4) is 0 Å². The van der Waals surface area contributed by atoms with Crippen LogP contribution >= 0.6 is 0 Å². The van der Waals surface area contributed by atoms with Crippen LogP contribution in [0.2, 0.25) is 0 Å². The van der Waals surface area contributed by atoms with E-state index in [-0.39, 0.29) is 23.6 Å². The summed E-state index contributed by atoms with van der Waals surface area (Å²) in [7, 11) is 0. The molecule has 0 radical (unpaired) electrons. The second-order valence-corrected chi connectivity index (χ2v) is 8.50. The number of likely N-dealkylation sites (tertiary alicyclic amines) is 1. The Morgan fingerprint density at radius 2 is 1.61 bits per heavy atom. The summed E-state index contributed by atoms with van der Waals surface area (Å²) < 4.78 is 0. The van der Waals surface area contributed by atoms with Gasteiger partial charge in [0.25, 0.3) is 5.91 Å². The van der Waals surface area contributed by atoms with E-state index in [0.29, 0.717) is 18.7 Å². The van der Waals surface area contributed by atoms with Crippen LogP contribution < -0.4 is 15.6 Å². The molecule has 172 valence electrons. The lowest BCUT2D eigenvalue weighted by molar-refractivity contribution is -0.119. The standard InChI is InChI=1S/C25H29N5O3/c1-18(31)23-16-22(28-30(23)21-10-6-3-7-11-21)25(33)27-20-12-14-29(15-13-20)17-24(32)26-19-8-4-2-5-9-19/h2-11,20,23H,12-17H2,1H3,(H,26,32)(H,27,33). The predicted octanol–water partition coefficient (Wildman–Crippen LogP) is 2.43. The first-order valence-corrected chi connectivity index (χ1v) is 11.3. The van der Waals surface area contributed by atoms with Crippen molar-refractivity contribution >= 4 is 34.7 Å². The molecule has 2 aromatic rings. The number of rotatable bonds is 7. The minimum Gasteiger partial charge on any atom is -0.348 e. The van der Waals surface area contributed by atoms with Crippen LogP contribution in [-0.2, 0) is 14.4 Å². The number of amides is 2. The summed E-state index contributed by atoms with van der Waals surface area (Å²) in [5.41, 5.74) is 1.96. The number of ketones is 1. The molecular formula is C25H29N5O3. The second kappa shape index (κ2) is 10.4. The van der Waals surface area contributed by atoms with E-state index in [9.17, 15) is 14.4 Å². The Hall–Kier alpha value is -3.52. The van der Waals surface area contributed by atoms with Crippen LogP contribution in [0.1, 0.15) is 26.2 Å². The highest BCUT2D eigenvalue weighted by Crippen LogP contribution is 2.25. The SMILES string of the molecule is CC(=O)C1CC(C(=O)NC2CCN(CC(=O)Nc3ccccc3)CC2)=NN1c1ccccc1. The first-order valence-electron chi connectivity index (χ1n) is 11.3. The maximum Gasteiger partial charge on any atom is 0.267 e. The van der Waals surface area contributed by atoms with Gasteiger partial charge in [-0.25, -0.2) is 0 Å². The number of carbonyl (C=O) groups excluding carboxylic acids is 3. The van der Waals surface area contributed by atoms with Crippen LogP contribution in [0.5, 0.6) is 0 Å². The lowest BCUT2D eigenvalue weighted by atomic mass is 10.0. The van der Waals surface area contributed by atoms with Gasteiger partial charge < -0.3 is 10.6 Å². The van der Waals surface area contributed by atoms with Gasteiger partial charge in [-0.05, 0) is 44.0 Å². The van der Waals surface area contributed by atoms with Gasteiger partial charge in [-0.3, -0.25) is 24.3 Å². The molecule has 0 aliphatic carbocycles. The quantitative estimate of drug-likeness (QED) is 0.680. The molecule has 1 fully saturated rings. The van der Waals surface area contributed by atoms with Gasteiger partial charge in [0, 0.05) is 31.2 Å². The molecule has 4 rings (SSSR count). The van der Waals surface area contributed by atoms with Crippen LogP contribution in [-0.4, -0.2) is 59.9 Å². The normalized spacial score (nSPS) is 19.1.